The molecule has 0 radical (unpaired) electrons. The lowest BCUT2D eigenvalue weighted by molar-refractivity contribution is -0.182. The van der Waals surface area contributed by atoms with E-state index in [1.54, 1.807) is 12.1 Å². The van der Waals surface area contributed by atoms with Crippen molar-refractivity contribution < 1.29 is 17.9 Å². The van der Waals surface area contributed by atoms with E-state index in [0.29, 0.717) is 10.6 Å². The van der Waals surface area contributed by atoms with Gasteiger partial charge < -0.3 is 4.74 Å². The predicted molar refractivity (Wildman–Crippen MR) is 83.6 cm³/mol. The highest BCUT2D eigenvalue weighted by atomic mass is 35.5. The summed E-state index contributed by atoms with van der Waals surface area (Å²) in [7, 11) is 0. The lowest BCUT2D eigenvalue weighted by Crippen LogP contribution is -2.38. The van der Waals surface area contributed by atoms with Crippen molar-refractivity contribution in [3.8, 4) is 5.75 Å². The first-order valence-electron chi connectivity index (χ1n) is 6.55. The first-order chi connectivity index (χ1) is 9.91. The monoisotopic (exact) mass is 350 g/mol. The van der Waals surface area contributed by atoms with Crippen LogP contribution in [0.25, 0.3) is 6.08 Å². The largest absolute Gasteiger partial charge is 0.475 e. The molecule has 0 spiro atoms. The van der Waals surface area contributed by atoms with Gasteiger partial charge in [-0.2, -0.15) is 13.2 Å². The summed E-state index contributed by atoms with van der Waals surface area (Å²) in [5.41, 5.74) is 0.649. The molecule has 22 heavy (non-hydrogen) atoms. The lowest BCUT2D eigenvalue weighted by atomic mass is 9.85. The van der Waals surface area contributed by atoms with Crippen LogP contribution in [0.1, 0.15) is 31.9 Å². The van der Waals surface area contributed by atoms with E-state index in [1.807, 2.05) is 20.8 Å². The molecule has 0 aromatic heterocycles. The summed E-state index contributed by atoms with van der Waals surface area (Å²) in [5.74, 6) is 0.137. The average Bonchev–Trinajstić information content (AvgIpc) is 2.33. The lowest BCUT2D eigenvalue weighted by Gasteiger charge is -2.30. The topological polar surface area (TPSA) is 9.23 Å². The Morgan fingerprint density at radius 1 is 1.23 bits per heavy atom. The predicted octanol–water partition coefficient (Wildman–Crippen LogP) is 6.10. The van der Waals surface area contributed by atoms with Crippen LogP contribution in [-0.2, 0) is 5.41 Å². The number of halogens is 5. The van der Waals surface area contributed by atoms with Crippen LogP contribution < -0.4 is 4.74 Å². The standard InChI is InChI=1S/C16H15Cl2F3O/c1-8(17)10-5-9-6-12(18)11(15(2,3)4)7-13(9)22-14(10)16(19,20)21/h5-7,14H,1H2,2-4H3/t14-/m0/s1. The van der Waals surface area contributed by atoms with E-state index in [2.05, 4.69) is 6.58 Å². The molecule has 0 aliphatic carbocycles. The summed E-state index contributed by atoms with van der Waals surface area (Å²) in [5, 5.41) is 0.264. The summed E-state index contributed by atoms with van der Waals surface area (Å²) >= 11 is 11.9. The molecular weight excluding hydrogens is 336 g/mol. The molecule has 2 rings (SSSR count). The molecule has 1 aromatic carbocycles. The Labute approximate surface area is 137 Å². The van der Waals surface area contributed by atoms with Gasteiger partial charge in [0.1, 0.15) is 5.75 Å². The third kappa shape index (κ3) is 3.28. The Balaban J connectivity index is 2.61. The zero-order chi connectivity index (χ0) is 16.9. The van der Waals surface area contributed by atoms with Crippen molar-refractivity contribution in [2.24, 2.45) is 0 Å². The van der Waals surface area contributed by atoms with Crippen LogP contribution in [-0.4, -0.2) is 12.3 Å². The number of fused-ring (bicyclic) bond motifs is 1. The summed E-state index contributed by atoms with van der Waals surface area (Å²) < 4.78 is 44.7. The average molecular weight is 351 g/mol. The van der Waals surface area contributed by atoms with Gasteiger partial charge in [0.25, 0.3) is 0 Å². The van der Waals surface area contributed by atoms with Gasteiger partial charge in [0, 0.05) is 21.2 Å². The molecule has 1 heterocycles. The molecule has 6 heteroatoms. The smallest absolute Gasteiger partial charge is 0.429 e. The molecule has 0 N–H and O–H groups in total. The number of rotatable bonds is 1. The second-order valence-corrected chi connectivity index (χ2v) is 7.03. The van der Waals surface area contributed by atoms with Crippen molar-refractivity contribution in [3.63, 3.8) is 0 Å². The van der Waals surface area contributed by atoms with Crippen LogP contribution in [0.4, 0.5) is 13.2 Å². The van der Waals surface area contributed by atoms with Gasteiger partial charge in [-0.3, -0.25) is 0 Å². The molecule has 1 atom stereocenters. The molecule has 0 amide bonds. The zero-order valence-electron chi connectivity index (χ0n) is 12.3. The molecule has 1 aliphatic rings. The number of ether oxygens (including phenoxy) is 1. The van der Waals surface area contributed by atoms with Gasteiger partial charge >= 0.3 is 6.18 Å². The quantitative estimate of drug-likeness (QED) is 0.594. The SMILES string of the molecule is C=C(Cl)C1=Cc2cc(Cl)c(C(C)(C)C)cc2O[C@@H]1C(F)(F)F. The summed E-state index contributed by atoms with van der Waals surface area (Å²) in [6, 6.07) is 3.14. The molecule has 0 fully saturated rings. The van der Waals surface area contributed by atoms with Crippen LogP contribution in [0.5, 0.6) is 5.75 Å². The minimum atomic E-state index is -4.58. The maximum atomic E-state index is 13.2. The van der Waals surface area contributed by atoms with Crippen molar-refractivity contribution >= 4 is 29.3 Å². The second-order valence-electron chi connectivity index (χ2n) is 6.16. The fraction of sp³-hybridized carbons (Fsp3) is 0.375. The molecule has 0 saturated carbocycles. The van der Waals surface area contributed by atoms with Crippen molar-refractivity contribution in [2.45, 2.75) is 38.5 Å². The number of benzene rings is 1. The van der Waals surface area contributed by atoms with Gasteiger partial charge in [-0.15, -0.1) is 0 Å². The van der Waals surface area contributed by atoms with Crippen molar-refractivity contribution in [1.82, 2.24) is 0 Å². The highest BCUT2D eigenvalue weighted by Gasteiger charge is 2.46. The van der Waals surface area contributed by atoms with Gasteiger partial charge in [0.15, 0.2) is 0 Å². The van der Waals surface area contributed by atoms with Gasteiger partial charge in [0.05, 0.1) is 0 Å². The molecule has 0 unspecified atom stereocenters. The summed E-state index contributed by atoms with van der Waals surface area (Å²) in [6.45, 7) is 9.15. The number of alkyl halides is 3. The van der Waals surface area contributed by atoms with Gasteiger partial charge in [0.2, 0.25) is 6.10 Å². The second kappa shape index (κ2) is 5.50. The van der Waals surface area contributed by atoms with Crippen molar-refractivity contribution in [3.05, 3.63) is 45.5 Å². The number of hydrogen-bond acceptors (Lipinski definition) is 1. The van der Waals surface area contributed by atoms with Crippen LogP contribution >= 0.6 is 23.2 Å². The maximum absolute atomic E-state index is 13.2. The van der Waals surface area contributed by atoms with E-state index in [4.69, 9.17) is 27.9 Å². The van der Waals surface area contributed by atoms with Crippen molar-refractivity contribution in [1.29, 1.82) is 0 Å². The van der Waals surface area contributed by atoms with Crippen LogP contribution in [0, 0.1) is 0 Å². The minimum Gasteiger partial charge on any atom is -0.475 e. The van der Waals surface area contributed by atoms with Crippen LogP contribution in [0.2, 0.25) is 5.02 Å². The molecule has 1 nitrogen and oxygen atoms in total. The minimum absolute atomic E-state index is 0.137. The summed E-state index contributed by atoms with van der Waals surface area (Å²) in [6.07, 6.45) is -5.38. The molecule has 120 valence electrons. The number of hydrogen-bond donors (Lipinski definition) is 0. The normalized spacial score (nSPS) is 18.4. The molecule has 1 aromatic rings. The third-order valence-corrected chi connectivity index (χ3v) is 3.89. The maximum Gasteiger partial charge on any atom is 0.429 e. The van der Waals surface area contributed by atoms with Gasteiger partial charge in [-0.05, 0) is 29.2 Å². The molecular formula is C16H15Cl2F3O. The third-order valence-electron chi connectivity index (χ3n) is 3.36. The van der Waals surface area contributed by atoms with Crippen molar-refractivity contribution in [2.75, 3.05) is 0 Å². The highest BCUT2D eigenvalue weighted by molar-refractivity contribution is 6.32. The van der Waals surface area contributed by atoms with E-state index in [9.17, 15) is 13.2 Å². The Hall–Kier alpha value is -1.13. The molecule has 0 bridgehead atoms. The van der Waals surface area contributed by atoms with Gasteiger partial charge in [-0.1, -0.05) is 50.6 Å². The molecule has 1 aliphatic heterocycles. The highest BCUT2D eigenvalue weighted by Crippen LogP contribution is 2.43. The van der Waals surface area contributed by atoms with E-state index < -0.39 is 12.3 Å². The van der Waals surface area contributed by atoms with Crippen LogP contribution in [0.3, 0.4) is 0 Å². The Morgan fingerprint density at radius 2 is 1.82 bits per heavy atom. The van der Waals surface area contributed by atoms with E-state index in [-0.39, 0.29) is 21.8 Å². The fourth-order valence-electron chi connectivity index (χ4n) is 2.26. The van der Waals surface area contributed by atoms with E-state index >= 15 is 0 Å². The Morgan fingerprint density at radius 3 is 2.27 bits per heavy atom. The van der Waals surface area contributed by atoms with Gasteiger partial charge in [-0.25, -0.2) is 0 Å². The van der Waals surface area contributed by atoms with E-state index in [0.717, 1.165) is 5.56 Å². The molecule has 0 saturated heterocycles. The fourth-order valence-corrected chi connectivity index (χ4v) is 2.86. The zero-order valence-corrected chi connectivity index (χ0v) is 13.8. The first kappa shape index (κ1) is 17.2. The first-order valence-corrected chi connectivity index (χ1v) is 7.30. The van der Waals surface area contributed by atoms with E-state index in [1.165, 1.54) is 6.08 Å². The summed E-state index contributed by atoms with van der Waals surface area (Å²) in [4.78, 5) is 0. The van der Waals surface area contributed by atoms with Crippen LogP contribution in [0.15, 0.2) is 29.3 Å². The Bertz CT molecular complexity index is 655. The Kier molecular flexibility index (Phi) is 4.31.